The first-order chi connectivity index (χ1) is 14.4. The Morgan fingerprint density at radius 1 is 1.00 bits per heavy atom. The van der Waals surface area contributed by atoms with Crippen LogP contribution in [0.1, 0.15) is 16.8 Å². The number of aromatic nitrogens is 2. The van der Waals surface area contributed by atoms with Gasteiger partial charge in [-0.25, -0.2) is 14.4 Å². The molecule has 0 atom stereocenters. The summed E-state index contributed by atoms with van der Waals surface area (Å²) in [6, 6.07) is 10.7. The molecule has 1 fully saturated rings. The van der Waals surface area contributed by atoms with Gasteiger partial charge in [0.1, 0.15) is 11.5 Å². The highest BCUT2D eigenvalue weighted by molar-refractivity contribution is 5.81. The van der Waals surface area contributed by atoms with Crippen molar-refractivity contribution in [3.05, 3.63) is 59.0 Å². The normalized spacial score (nSPS) is 14.3. The predicted octanol–water partition coefficient (Wildman–Crippen LogP) is 3.29. The highest BCUT2D eigenvalue weighted by Crippen LogP contribution is 2.23. The molecule has 0 radical (unpaired) electrons. The zero-order chi connectivity index (χ0) is 21.3. The molecule has 7 heteroatoms. The highest BCUT2D eigenvalue weighted by atomic mass is 19.1. The second-order valence-electron chi connectivity index (χ2n) is 7.70. The van der Waals surface area contributed by atoms with Crippen LogP contribution < -0.4 is 9.64 Å². The van der Waals surface area contributed by atoms with Crippen molar-refractivity contribution in [2.24, 2.45) is 0 Å². The maximum Gasteiger partial charge on any atom is 0.236 e. The van der Waals surface area contributed by atoms with E-state index in [2.05, 4.69) is 46.9 Å². The van der Waals surface area contributed by atoms with Crippen molar-refractivity contribution in [1.29, 1.82) is 0 Å². The minimum absolute atomic E-state index is 0.0292. The van der Waals surface area contributed by atoms with Crippen LogP contribution in [0, 0.1) is 19.7 Å². The first-order valence-corrected chi connectivity index (χ1v) is 10.0. The van der Waals surface area contributed by atoms with Crippen molar-refractivity contribution < 1.29 is 13.9 Å². The van der Waals surface area contributed by atoms with Gasteiger partial charge in [0, 0.05) is 37.9 Å². The Hall–Kier alpha value is -3.22. The minimum atomic E-state index is -0.387. The van der Waals surface area contributed by atoms with Crippen LogP contribution in [0.3, 0.4) is 0 Å². The number of aryl methyl sites for hydroxylation is 2. The van der Waals surface area contributed by atoms with E-state index in [0.717, 1.165) is 13.1 Å². The van der Waals surface area contributed by atoms with Gasteiger partial charge in [0.15, 0.2) is 0 Å². The molecular formula is C23H25FN4O2. The number of halogens is 1. The number of carbonyl (C=O) groups excluding carboxylic acids is 1. The fourth-order valence-corrected chi connectivity index (χ4v) is 3.93. The molecule has 1 amide bonds. The maximum atomic E-state index is 13.6. The number of anilines is 1. The third-order valence-corrected chi connectivity index (χ3v) is 5.38. The largest absolute Gasteiger partial charge is 0.480 e. The highest BCUT2D eigenvalue weighted by Gasteiger charge is 2.23. The van der Waals surface area contributed by atoms with Crippen LogP contribution in [0.15, 0.2) is 36.4 Å². The van der Waals surface area contributed by atoms with Gasteiger partial charge in [-0.05, 0) is 49.2 Å². The first kappa shape index (κ1) is 20.1. The Morgan fingerprint density at radius 2 is 1.70 bits per heavy atom. The number of hydrogen-bond donors (Lipinski definition) is 0. The van der Waals surface area contributed by atoms with Gasteiger partial charge in [-0.2, -0.15) is 0 Å². The van der Waals surface area contributed by atoms with Crippen molar-refractivity contribution >= 4 is 22.6 Å². The Kier molecular flexibility index (Phi) is 5.53. The van der Waals surface area contributed by atoms with E-state index in [0.29, 0.717) is 35.7 Å². The van der Waals surface area contributed by atoms with Crippen LogP contribution >= 0.6 is 0 Å². The van der Waals surface area contributed by atoms with Gasteiger partial charge in [-0.3, -0.25) is 4.79 Å². The third-order valence-electron chi connectivity index (χ3n) is 5.38. The smallest absolute Gasteiger partial charge is 0.236 e. The molecule has 0 N–H and O–H groups in total. The van der Waals surface area contributed by atoms with Crippen LogP contribution in [-0.4, -0.2) is 54.1 Å². The zero-order valence-electron chi connectivity index (χ0n) is 17.5. The van der Waals surface area contributed by atoms with Crippen molar-refractivity contribution in [1.82, 2.24) is 14.9 Å². The van der Waals surface area contributed by atoms with Crippen molar-refractivity contribution in [3.8, 4) is 5.88 Å². The molecule has 0 aliphatic carbocycles. The van der Waals surface area contributed by atoms with Crippen molar-refractivity contribution in [2.75, 3.05) is 38.2 Å². The molecule has 1 aliphatic heterocycles. The average molecular weight is 408 g/mol. The van der Waals surface area contributed by atoms with Crippen LogP contribution in [-0.2, 0) is 11.2 Å². The lowest BCUT2D eigenvalue weighted by Crippen LogP contribution is -2.49. The molecule has 0 saturated carbocycles. The van der Waals surface area contributed by atoms with Gasteiger partial charge in [-0.1, -0.05) is 6.07 Å². The summed E-state index contributed by atoms with van der Waals surface area (Å²) in [5.74, 6) is -0.114. The number of benzene rings is 2. The fraction of sp³-hybridized carbons (Fsp3) is 0.348. The van der Waals surface area contributed by atoms with E-state index in [1.807, 2.05) is 4.90 Å². The average Bonchev–Trinajstić information content (AvgIpc) is 2.72. The van der Waals surface area contributed by atoms with E-state index in [9.17, 15) is 9.18 Å². The summed E-state index contributed by atoms with van der Waals surface area (Å²) in [6.45, 7) is 7.04. The number of ether oxygens (including phenoxy) is 1. The Bertz CT molecular complexity index is 1070. The Balaban J connectivity index is 1.46. The molecule has 0 spiro atoms. The van der Waals surface area contributed by atoms with Crippen LogP contribution in [0.25, 0.3) is 11.0 Å². The Morgan fingerprint density at radius 3 is 2.37 bits per heavy atom. The second-order valence-corrected chi connectivity index (χ2v) is 7.70. The predicted molar refractivity (Wildman–Crippen MR) is 114 cm³/mol. The molecular weight excluding hydrogens is 383 g/mol. The molecule has 4 rings (SSSR count). The lowest BCUT2D eigenvalue weighted by molar-refractivity contribution is -0.130. The summed E-state index contributed by atoms with van der Waals surface area (Å²) in [7, 11) is 1.50. The summed E-state index contributed by atoms with van der Waals surface area (Å²) < 4.78 is 18.9. The number of piperazine rings is 1. The molecule has 0 unspecified atom stereocenters. The van der Waals surface area contributed by atoms with Gasteiger partial charge in [0.2, 0.25) is 11.8 Å². The molecule has 0 bridgehead atoms. The van der Waals surface area contributed by atoms with Crippen molar-refractivity contribution in [3.63, 3.8) is 0 Å². The van der Waals surface area contributed by atoms with Gasteiger partial charge in [0.25, 0.3) is 0 Å². The molecule has 156 valence electrons. The van der Waals surface area contributed by atoms with E-state index in [1.165, 1.54) is 36.1 Å². The van der Waals surface area contributed by atoms with E-state index in [4.69, 9.17) is 4.74 Å². The van der Waals surface area contributed by atoms with E-state index in [-0.39, 0.29) is 18.1 Å². The number of rotatable bonds is 4. The van der Waals surface area contributed by atoms with E-state index in [1.54, 1.807) is 6.07 Å². The number of methoxy groups -OCH3 is 1. The molecule has 6 nitrogen and oxygen atoms in total. The van der Waals surface area contributed by atoms with Crippen LogP contribution in [0.2, 0.25) is 0 Å². The third kappa shape index (κ3) is 4.20. The molecule has 1 aliphatic rings. The minimum Gasteiger partial charge on any atom is -0.480 e. The molecule has 2 aromatic carbocycles. The van der Waals surface area contributed by atoms with Crippen LogP contribution in [0.4, 0.5) is 10.1 Å². The van der Waals surface area contributed by atoms with Gasteiger partial charge in [-0.15, -0.1) is 0 Å². The maximum absolute atomic E-state index is 13.6. The number of hydrogen-bond acceptors (Lipinski definition) is 5. The zero-order valence-corrected chi connectivity index (χ0v) is 17.5. The van der Waals surface area contributed by atoms with Gasteiger partial charge >= 0.3 is 0 Å². The fourth-order valence-electron chi connectivity index (χ4n) is 3.93. The monoisotopic (exact) mass is 408 g/mol. The quantitative estimate of drug-likeness (QED) is 0.663. The van der Waals surface area contributed by atoms with Gasteiger partial charge < -0.3 is 14.5 Å². The van der Waals surface area contributed by atoms with Crippen LogP contribution in [0.5, 0.6) is 5.88 Å². The summed E-state index contributed by atoms with van der Waals surface area (Å²) in [5, 5.41) is 0. The standard InChI is InChI=1S/C23H25FN4O2/c1-15-10-16(2)12-18(11-15)27-6-8-28(9-7-27)22(29)14-21-23(30-3)26-19-5-4-17(24)13-20(19)25-21/h4-5,10-13H,6-9,14H2,1-3H3. The van der Waals surface area contributed by atoms with Gasteiger partial charge in [0.05, 0.1) is 24.6 Å². The summed E-state index contributed by atoms with van der Waals surface area (Å²) >= 11 is 0. The number of amides is 1. The summed E-state index contributed by atoms with van der Waals surface area (Å²) in [6.07, 6.45) is 0.0756. The Labute approximate surface area is 175 Å². The second kappa shape index (κ2) is 8.26. The summed E-state index contributed by atoms with van der Waals surface area (Å²) in [4.78, 5) is 25.9. The lowest BCUT2D eigenvalue weighted by Gasteiger charge is -2.36. The molecule has 30 heavy (non-hydrogen) atoms. The molecule has 2 heterocycles. The van der Waals surface area contributed by atoms with E-state index >= 15 is 0 Å². The van der Waals surface area contributed by atoms with E-state index < -0.39 is 0 Å². The number of fused-ring (bicyclic) bond motifs is 1. The number of carbonyl (C=O) groups is 1. The first-order valence-electron chi connectivity index (χ1n) is 10.0. The molecule has 1 aromatic heterocycles. The topological polar surface area (TPSA) is 58.6 Å². The van der Waals surface area contributed by atoms with Crippen molar-refractivity contribution in [2.45, 2.75) is 20.3 Å². The summed E-state index contributed by atoms with van der Waals surface area (Å²) in [5.41, 5.74) is 5.05. The lowest BCUT2D eigenvalue weighted by atomic mass is 10.1. The number of nitrogens with zero attached hydrogens (tertiary/aromatic N) is 4. The molecule has 3 aromatic rings. The molecule has 1 saturated heterocycles. The SMILES string of the molecule is COc1nc2ccc(F)cc2nc1CC(=O)N1CCN(c2cc(C)cc(C)c2)CC1.